The van der Waals surface area contributed by atoms with E-state index in [0.717, 1.165) is 0 Å². The average Bonchev–Trinajstić information content (AvgIpc) is 2.08. The van der Waals surface area contributed by atoms with Crippen LogP contribution in [-0.2, 0) is 0 Å². The van der Waals surface area contributed by atoms with Gasteiger partial charge in [0.15, 0.2) is 0 Å². The maximum absolute atomic E-state index is 12.9. The van der Waals surface area contributed by atoms with Gasteiger partial charge < -0.3 is 0 Å². The van der Waals surface area contributed by atoms with Crippen molar-refractivity contribution < 1.29 is 4.39 Å². The van der Waals surface area contributed by atoms with E-state index in [1.807, 2.05) is 0 Å². The van der Waals surface area contributed by atoms with E-state index >= 15 is 0 Å². The summed E-state index contributed by atoms with van der Waals surface area (Å²) in [5.74, 6) is 0. The highest BCUT2D eigenvalue weighted by Crippen LogP contribution is 2.27. The summed E-state index contributed by atoms with van der Waals surface area (Å²) in [5.41, 5.74) is 0.125. The van der Waals surface area contributed by atoms with E-state index in [4.69, 9.17) is 0 Å². The molecule has 2 atom stereocenters. The fourth-order valence-electron chi connectivity index (χ4n) is 1.90. The average molecular weight is 159 g/mol. The van der Waals surface area contributed by atoms with Gasteiger partial charge in [0.1, 0.15) is 6.17 Å². The molecule has 0 radical (unpaired) electrons. The van der Waals surface area contributed by atoms with Crippen molar-refractivity contribution in [1.82, 2.24) is 4.90 Å². The number of likely N-dealkylation sites (tertiary alicyclic amines) is 1. The van der Waals surface area contributed by atoms with Crippen molar-refractivity contribution in [2.24, 2.45) is 0 Å². The van der Waals surface area contributed by atoms with Crippen molar-refractivity contribution in [2.75, 3.05) is 6.54 Å². The zero-order valence-corrected chi connectivity index (χ0v) is 7.89. The number of halogens is 1. The fraction of sp³-hybridized carbons (Fsp3) is 1.00. The molecule has 0 aliphatic carbocycles. The predicted octanol–water partition coefficient (Wildman–Crippen LogP) is 2.22. The molecule has 0 aromatic carbocycles. The Balaban J connectivity index is 2.60. The molecule has 1 aliphatic heterocycles. The Kier molecular flexibility index (Phi) is 2.24. The van der Waals surface area contributed by atoms with Gasteiger partial charge in [0.05, 0.1) is 0 Å². The van der Waals surface area contributed by atoms with Crippen LogP contribution in [0.1, 0.15) is 34.1 Å². The molecule has 0 aromatic rings. The number of hydrogen-bond donors (Lipinski definition) is 0. The summed E-state index contributed by atoms with van der Waals surface area (Å²) < 4.78 is 12.9. The van der Waals surface area contributed by atoms with E-state index in [9.17, 15) is 4.39 Å². The first-order valence-electron chi connectivity index (χ1n) is 4.32. The fourth-order valence-corrected chi connectivity index (χ4v) is 1.90. The standard InChI is InChI=1S/C9H18FN/c1-7-5-8(10)6-11(7)9(2,3)4/h7-8H,5-6H2,1-4H3/t7-,8+/m1/s1. The summed E-state index contributed by atoms with van der Waals surface area (Å²) in [6.45, 7) is 9.14. The van der Waals surface area contributed by atoms with Crippen LogP contribution < -0.4 is 0 Å². The van der Waals surface area contributed by atoms with Crippen LogP contribution >= 0.6 is 0 Å². The highest BCUT2D eigenvalue weighted by molar-refractivity contribution is 4.89. The summed E-state index contributed by atoms with van der Waals surface area (Å²) in [5, 5.41) is 0. The Morgan fingerprint density at radius 3 is 2.09 bits per heavy atom. The first-order chi connectivity index (χ1) is 4.91. The number of rotatable bonds is 0. The second kappa shape index (κ2) is 2.74. The zero-order chi connectivity index (χ0) is 8.65. The molecule has 11 heavy (non-hydrogen) atoms. The molecule has 66 valence electrons. The second-order valence-electron chi connectivity index (χ2n) is 4.51. The van der Waals surface area contributed by atoms with Gasteiger partial charge in [0.25, 0.3) is 0 Å². The third kappa shape index (κ3) is 1.92. The molecular weight excluding hydrogens is 141 g/mol. The van der Waals surface area contributed by atoms with Gasteiger partial charge in [-0.1, -0.05) is 0 Å². The van der Waals surface area contributed by atoms with E-state index in [0.29, 0.717) is 19.0 Å². The molecule has 0 N–H and O–H groups in total. The van der Waals surface area contributed by atoms with Gasteiger partial charge in [0, 0.05) is 18.1 Å². The highest BCUT2D eigenvalue weighted by Gasteiger charge is 2.35. The minimum atomic E-state index is -0.607. The van der Waals surface area contributed by atoms with Gasteiger partial charge in [-0.05, 0) is 34.1 Å². The van der Waals surface area contributed by atoms with E-state index < -0.39 is 6.17 Å². The summed E-state index contributed by atoms with van der Waals surface area (Å²) in [6, 6.07) is 0.407. The monoisotopic (exact) mass is 159 g/mol. The van der Waals surface area contributed by atoms with Crippen LogP contribution in [0.15, 0.2) is 0 Å². The maximum atomic E-state index is 12.9. The van der Waals surface area contributed by atoms with Gasteiger partial charge in [-0.25, -0.2) is 4.39 Å². The smallest absolute Gasteiger partial charge is 0.114 e. The van der Waals surface area contributed by atoms with Crippen molar-refractivity contribution in [3.05, 3.63) is 0 Å². The molecule has 1 heterocycles. The lowest BCUT2D eigenvalue weighted by Crippen LogP contribution is -2.43. The van der Waals surface area contributed by atoms with Crippen LogP contribution in [0.3, 0.4) is 0 Å². The highest BCUT2D eigenvalue weighted by atomic mass is 19.1. The van der Waals surface area contributed by atoms with Crippen LogP contribution in [0.25, 0.3) is 0 Å². The topological polar surface area (TPSA) is 3.24 Å². The number of hydrogen-bond acceptors (Lipinski definition) is 1. The molecule has 0 unspecified atom stereocenters. The first kappa shape index (κ1) is 8.98. The molecule has 2 heteroatoms. The largest absolute Gasteiger partial charge is 0.293 e. The summed E-state index contributed by atoms with van der Waals surface area (Å²) in [6.07, 6.45) is 0.0984. The first-order valence-corrected chi connectivity index (χ1v) is 4.32. The molecule has 0 amide bonds. The van der Waals surface area contributed by atoms with Crippen LogP contribution in [-0.4, -0.2) is 29.2 Å². The van der Waals surface area contributed by atoms with Crippen molar-refractivity contribution in [2.45, 2.75) is 51.9 Å². The Bertz CT molecular complexity index is 139. The third-order valence-electron chi connectivity index (χ3n) is 2.39. The Morgan fingerprint density at radius 2 is 1.91 bits per heavy atom. The number of nitrogens with zero attached hydrogens (tertiary/aromatic N) is 1. The molecule has 0 saturated carbocycles. The van der Waals surface area contributed by atoms with Crippen molar-refractivity contribution in [3.63, 3.8) is 0 Å². The molecular formula is C9H18FN. The van der Waals surface area contributed by atoms with Gasteiger partial charge in [0.2, 0.25) is 0 Å². The second-order valence-corrected chi connectivity index (χ2v) is 4.51. The molecule has 1 nitrogen and oxygen atoms in total. The van der Waals surface area contributed by atoms with E-state index in [1.165, 1.54) is 0 Å². The predicted molar refractivity (Wildman–Crippen MR) is 45.4 cm³/mol. The zero-order valence-electron chi connectivity index (χ0n) is 7.89. The Hall–Kier alpha value is -0.110. The normalized spacial score (nSPS) is 34.6. The van der Waals surface area contributed by atoms with Crippen molar-refractivity contribution in [1.29, 1.82) is 0 Å². The minimum Gasteiger partial charge on any atom is -0.293 e. The lowest BCUT2D eigenvalue weighted by atomic mass is 10.1. The van der Waals surface area contributed by atoms with E-state index in [2.05, 4.69) is 32.6 Å². The molecule has 1 saturated heterocycles. The minimum absolute atomic E-state index is 0.125. The molecule has 0 aromatic heterocycles. The van der Waals surface area contributed by atoms with Crippen LogP contribution in [0.2, 0.25) is 0 Å². The molecule has 1 rings (SSSR count). The Morgan fingerprint density at radius 1 is 1.36 bits per heavy atom. The van der Waals surface area contributed by atoms with Gasteiger partial charge in [-0.2, -0.15) is 0 Å². The lowest BCUT2D eigenvalue weighted by molar-refractivity contribution is 0.124. The Labute approximate surface area is 68.6 Å². The third-order valence-corrected chi connectivity index (χ3v) is 2.39. The summed E-state index contributed by atoms with van der Waals surface area (Å²) >= 11 is 0. The lowest BCUT2D eigenvalue weighted by Gasteiger charge is -2.35. The SMILES string of the molecule is C[C@@H]1C[C@H](F)CN1C(C)(C)C. The van der Waals surface area contributed by atoms with Gasteiger partial charge in [-0.3, -0.25) is 4.90 Å². The van der Waals surface area contributed by atoms with Crippen LogP contribution in [0.4, 0.5) is 4.39 Å². The summed E-state index contributed by atoms with van der Waals surface area (Å²) in [7, 11) is 0. The van der Waals surface area contributed by atoms with Gasteiger partial charge >= 0.3 is 0 Å². The van der Waals surface area contributed by atoms with E-state index in [1.54, 1.807) is 0 Å². The maximum Gasteiger partial charge on any atom is 0.114 e. The summed E-state index contributed by atoms with van der Waals surface area (Å²) in [4.78, 5) is 2.23. The molecule has 0 spiro atoms. The van der Waals surface area contributed by atoms with Gasteiger partial charge in [-0.15, -0.1) is 0 Å². The molecule has 1 aliphatic rings. The van der Waals surface area contributed by atoms with Crippen molar-refractivity contribution in [3.8, 4) is 0 Å². The molecule has 0 bridgehead atoms. The van der Waals surface area contributed by atoms with Crippen LogP contribution in [0.5, 0.6) is 0 Å². The quantitative estimate of drug-likeness (QED) is 0.524. The molecule has 1 fully saturated rings. The van der Waals surface area contributed by atoms with Crippen molar-refractivity contribution >= 4 is 0 Å². The van der Waals surface area contributed by atoms with E-state index in [-0.39, 0.29) is 5.54 Å². The number of alkyl halides is 1. The van der Waals surface area contributed by atoms with Crippen LogP contribution in [0, 0.1) is 0 Å².